The molecule has 2 rings (SSSR count). The van der Waals surface area contributed by atoms with Crippen LogP contribution < -0.4 is 11.1 Å². The van der Waals surface area contributed by atoms with Gasteiger partial charge in [-0.15, -0.1) is 0 Å². The minimum Gasteiger partial charge on any atom is -0.352 e. The molecule has 0 spiro atoms. The summed E-state index contributed by atoms with van der Waals surface area (Å²) in [6, 6.07) is 2.59. The number of thiophene rings is 1. The molecule has 18 heavy (non-hydrogen) atoms. The lowest BCUT2D eigenvalue weighted by Gasteiger charge is -2.30. The Morgan fingerprint density at radius 1 is 1.67 bits per heavy atom. The van der Waals surface area contributed by atoms with Gasteiger partial charge in [-0.25, -0.2) is 0 Å². The average Bonchev–Trinajstić information content (AvgIpc) is 2.92. The highest BCUT2D eigenvalue weighted by molar-refractivity contribution is 7.07. The monoisotopic (exact) mass is 267 g/mol. The lowest BCUT2D eigenvalue weighted by molar-refractivity contribution is -0.122. The molecule has 0 aromatic carbocycles. The van der Waals surface area contributed by atoms with Crippen LogP contribution in [0.25, 0.3) is 0 Å². The van der Waals surface area contributed by atoms with Gasteiger partial charge in [0.1, 0.15) is 0 Å². The van der Waals surface area contributed by atoms with E-state index < -0.39 is 0 Å². The summed E-state index contributed by atoms with van der Waals surface area (Å²) in [5.41, 5.74) is 7.24. The van der Waals surface area contributed by atoms with E-state index in [2.05, 4.69) is 16.8 Å². The third-order valence-electron chi connectivity index (χ3n) is 3.19. The van der Waals surface area contributed by atoms with Gasteiger partial charge >= 0.3 is 0 Å². The van der Waals surface area contributed by atoms with E-state index in [9.17, 15) is 4.79 Å². The molecular weight excluding hydrogens is 246 g/mol. The van der Waals surface area contributed by atoms with Crippen molar-refractivity contribution < 1.29 is 4.79 Å². The maximum Gasteiger partial charge on any atom is 0.234 e. The average molecular weight is 267 g/mol. The summed E-state index contributed by atoms with van der Waals surface area (Å²) in [4.78, 5) is 13.8. The van der Waals surface area contributed by atoms with Crippen molar-refractivity contribution in [2.45, 2.75) is 37.9 Å². The van der Waals surface area contributed by atoms with Crippen LogP contribution in [0.1, 0.15) is 31.4 Å². The van der Waals surface area contributed by atoms with Crippen LogP contribution in [0.2, 0.25) is 0 Å². The van der Waals surface area contributed by atoms with Crippen LogP contribution in [0.3, 0.4) is 0 Å². The number of nitrogens with zero attached hydrogens (tertiary/aromatic N) is 1. The van der Waals surface area contributed by atoms with E-state index in [-0.39, 0.29) is 18.0 Å². The second-order valence-electron chi connectivity index (χ2n) is 5.12. The Balaban J connectivity index is 1.95. The SMILES string of the molecule is CC(N)C(c1ccsc1)N(C)CC(=O)NC1CC1. The Morgan fingerprint density at radius 3 is 2.89 bits per heavy atom. The predicted molar refractivity (Wildman–Crippen MR) is 74.5 cm³/mol. The summed E-state index contributed by atoms with van der Waals surface area (Å²) in [6.07, 6.45) is 2.24. The minimum atomic E-state index is -0.00155. The molecule has 3 N–H and O–H groups in total. The molecule has 0 radical (unpaired) electrons. The lowest BCUT2D eigenvalue weighted by atomic mass is 10.0. The van der Waals surface area contributed by atoms with E-state index in [0.717, 1.165) is 12.8 Å². The van der Waals surface area contributed by atoms with Crippen LogP contribution in [-0.2, 0) is 4.79 Å². The number of likely N-dealkylation sites (N-methyl/N-ethyl adjacent to an activating group) is 1. The molecule has 0 aliphatic heterocycles. The summed E-state index contributed by atoms with van der Waals surface area (Å²) in [5, 5.41) is 7.15. The quantitative estimate of drug-likeness (QED) is 0.818. The van der Waals surface area contributed by atoms with Gasteiger partial charge in [0.15, 0.2) is 0 Å². The van der Waals surface area contributed by atoms with Gasteiger partial charge in [-0.2, -0.15) is 11.3 Å². The van der Waals surface area contributed by atoms with E-state index in [0.29, 0.717) is 12.6 Å². The molecule has 1 aromatic rings. The van der Waals surface area contributed by atoms with Crippen LogP contribution in [0.4, 0.5) is 0 Å². The highest BCUT2D eigenvalue weighted by atomic mass is 32.1. The standard InChI is InChI=1S/C13H21N3OS/c1-9(14)13(10-5-6-18-8-10)16(2)7-12(17)15-11-3-4-11/h5-6,8-9,11,13H,3-4,7,14H2,1-2H3,(H,15,17). The fourth-order valence-electron chi connectivity index (χ4n) is 2.23. The molecule has 1 heterocycles. The van der Waals surface area contributed by atoms with Gasteiger partial charge in [-0.1, -0.05) is 0 Å². The zero-order valence-electron chi connectivity index (χ0n) is 10.9. The van der Waals surface area contributed by atoms with Gasteiger partial charge in [-0.05, 0) is 49.2 Å². The van der Waals surface area contributed by atoms with Crippen LogP contribution in [0.5, 0.6) is 0 Å². The highest BCUT2D eigenvalue weighted by Gasteiger charge is 2.26. The Labute approximate surface area is 112 Å². The van der Waals surface area contributed by atoms with Gasteiger partial charge in [0.05, 0.1) is 12.6 Å². The first-order chi connectivity index (χ1) is 8.58. The normalized spacial score (nSPS) is 18.7. The first-order valence-corrected chi connectivity index (χ1v) is 7.29. The van der Waals surface area contributed by atoms with Crippen LogP contribution in [-0.4, -0.2) is 36.5 Å². The fraction of sp³-hybridized carbons (Fsp3) is 0.615. The summed E-state index contributed by atoms with van der Waals surface area (Å²) >= 11 is 1.66. The molecule has 1 aliphatic carbocycles. The van der Waals surface area contributed by atoms with Crippen molar-refractivity contribution in [1.29, 1.82) is 0 Å². The van der Waals surface area contributed by atoms with Crippen molar-refractivity contribution in [3.63, 3.8) is 0 Å². The van der Waals surface area contributed by atoms with Crippen molar-refractivity contribution in [3.05, 3.63) is 22.4 Å². The van der Waals surface area contributed by atoms with E-state index in [1.807, 2.05) is 24.3 Å². The zero-order chi connectivity index (χ0) is 13.1. The molecule has 1 fully saturated rings. The molecule has 2 atom stereocenters. The fourth-order valence-corrected chi connectivity index (χ4v) is 2.92. The van der Waals surface area contributed by atoms with Crippen LogP contribution >= 0.6 is 11.3 Å². The zero-order valence-corrected chi connectivity index (χ0v) is 11.7. The minimum absolute atomic E-state index is 0.00155. The Kier molecular flexibility index (Phi) is 4.37. The maximum atomic E-state index is 11.8. The van der Waals surface area contributed by atoms with Crippen molar-refractivity contribution in [1.82, 2.24) is 10.2 Å². The molecule has 4 nitrogen and oxygen atoms in total. The van der Waals surface area contributed by atoms with E-state index in [1.165, 1.54) is 5.56 Å². The summed E-state index contributed by atoms with van der Waals surface area (Å²) in [5.74, 6) is 0.0980. The van der Waals surface area contributed by atoms with Crippen molar-refractivity contribution in [2.24, 2.45) is 5.73 Å². The van der Waals surface area contributed by atoms with Crippen LogP contribution in [0, 0.1) is 0 Å². The molecule has 1 aromatic heterocycles. The van der Waals surface area contributed by atoms with E-state index >= 15 is 0 Å². The summed E-state index contributed by atoms with van der Waals surface area (Å²) in [7, 11) is 1.96. The van der Waals surface area contributed by atoms with Crippen molar-refractivity contribution in [2.75, 3.05) is 13.6 Å². The lowest BCUT2D eigenvalue weighted by Crippen LogP contribution is -2.43. The number of amides is 1. The van der Waals surface area contributed by atoms with Gasteiger partial charge in [-0.3, -0.25) is 9.69 Å². The number of hydrogen-bond donors (Lipinski definition) is 2. The van der Waals surface area contributed by atoms with Gasteiger partial charge < -0.3 is 11.1 Å². The summed E-state index contributed by atoms with van der Waals surface area (Å²) in [6.45, 7) is 2.39. The Hall–Kier alpha value is -0.910. The smallest absolute Gasteiger partial charge is 0.234 e. The number of rotatable bonds is 6. The first-order valence-electron chi connectivity index (χ1n) is 6.35. The van der Waals surface area contributed by atoms with Gasteiger partial charge in [0.25, 0.3) is 0 Å². The van der Waals surface area contributed by atoms with Gasteiger partial charge in [0, 0.05) is 12.1 Å². The maximum absolute atomic E-state index is 11.8. The predicted octanol–water partition coefficient (Wildman–Crippen LogP) is 1.35. The second-order valence-corrected chi connectivity index (χ2v) is 5.90. The van der Waals surface area contributed by atoms with E-state index in [1.54, 1.807) is 11.3 Å². The number of carbonyl (C=O) groups is 1. The molecule has 1 saturated carbocycles. The van der Waals surface area contributed by atoms with Gasteiger partial charge in [0.2, 0.25) is 5.91 Å². The number of carbonyl (C=O) groups excluding carboxylic acids is 1. The first kappa shape index (κ1) is 13.5. The Morgan fingerprint density at radius 2 is 2.39 bits per heavy atom. The topological polar surface area (TPSA) is 58.4 Å². The largest absolute Gasteiger partial charge is 0.352 e. The molecular formula is C13H21N3OS. The van der Waals surface area contributed by atoms with E-state index in [4.69, 9.17) is 5.73 Å². The molecule has 0 saturated heterocycles. The number of hydrogen-bond acceptors (Lipinski definition) is 4. The third kappa shape index (κ3) is 3.54. The molecule has 1 aliphatic rings. The molecule has 1 amide bonds. The molecule has 2 unspecified atom stereocenters. The number of nitrogens with one attached hydrogen (secondary N) is 1. The highest BCUT2D eigenvalue weighted by Crippen LogP contribution is 2.24. The molecule has 5 heteroatoms. The third-order valence-corrected chi connectivity index (χ3v) is 3.89. The molecule has 0 bridgehead atoms. The Bertz CT molecular complexity index is 387. The van der Waals surface area contributed by atoms with Crippen molar-refractivity contribution in [3.8, 4) is 0 Å². The molecule has 100 valence electrons. The number of nitrogens with two attached hydrogens (primary N) is 1. The van der Waals surface area contributed by atoms with Crippen molar-refractivity contribution >= 4 is 17.2 Å². The summed E-state index contributed by atoms with van der Waals surface area (Å²) < 4.78 is 0. The second kappa shape index (κ2) is 5.82. The van der Waals surface area contributed by atoms with Crippen LogP contribution in [0.15, 0.2) is 16.8 Å².